The lowest BCUT2D eigenvalue weighted by molar-refractivity contribution is 0.126. The van der Waals surface area contributed by atoms with E-state index in [1.807, 2.05) is 0 Å². The number of hydrogen-bond donors (Lipinski definition) is 6. The summed E-state index contributed by atoms with van der Waals surface area (Å²) in [6.45, 7) is -0.601. The van der Waals surface area contributed by atoms with Crippen LogP contribution in [0.4, 0.5) is 5.82 Å². The van der Waals surface area contributed by atoms with Crippen LogP contribution in [0.1, 0.15) is 11.8 Å². The molecule has 0 aromatic carbocycles. The molecule has 3 rings (SSSR count). The normalized spacial score (nSPS) is 26.5. The van der Waals surface area contributed by atoms with Gasteiger partial charge in [0.15, 0.2) is 11.5 Å². The lowest BCUT2D eigenvalue weighted by Crippen LogP contribution is -2.22. The molecule has 168 valence electrons. The number of imidazole rings is 1. The first-order valence-electron chi connectivity index (χ1n) is 7.81. The van der Waals surface area contributed by atoms with Crippen molar-refractivity contribution in [2.24, 2.45) is 0 Å². The fraction of sp³-hybridized carbons (Fsp3) is 0.500. The van der Waals surface area contributed by atoms with Crippen molar-refractivity contribution < 1.29 is 51.5 Å². The molecule has 1 saturated heterocycles. The predicted octanol–water partition coefficient (Wildman–Crippen LogP) is 0.117. The third-order valence-electron chi connectivity index (χ3n) is 3.72. The molecule has 7 N–H and O–H groups in total. The molecule has 3 heterocycles. The van der Waals surface area contributed by atoms with Crippen LogP contribution < -0.4 is 5.73 Å². The van der Waals surface area contributed by atoms with Gasteiger partial charge < -0.3 is 35.0 Å². The van der Waals surface area contributed by atoms with E-state index in [0.717, 1.165) is 11.8 Å². The predicted molar refractivity (Wildman–Crippen MR) is 101 cm³/mol. The molecule has 0 saturated carbocycles. The molecular formula is C10H16N5O11P3S. The molecule has 0 amide bonds. The number of phosphoric acid groups is 3. The minimum atomic E-state index is -5.60. The molecule has 2 aromatic rings. The van der Waals surface area contributed by atoms with E-state index in [1.54, 1.807) is 4.57 Å². The van der Waals surface area contributed by atoms with Gasteiger partial charge in [-0.15, -0.1) is 11.8 Å². The van der Waals surface area contributed by atoms with Crippen molar-refractivity contribution in [2.45, 2.75) is 23.1 Å². The number of rotatable bonds is 8. The van der Waals surface area contributed by atoms with Crippen molar-refractivity contribution in [3.05, 3.63) is 12.7 Å². The first kappa shape index (κ1) is 23.7. The number of aromatic nitrogens is 4. The number of phosphoric ester groups is 1. The number of nitrogen functional groups attached to an aromatic ring is 1. The van der Waals surface area contributed by atoms with E-state index in [1.165, 1.54) is 12.7 Å². The fourth-order valence-electron chi connectivity index (χ4n) is 2.59. The van der Waals surface area contributed by atoms with Crippen LogP contribution >= 0.6 is 35.2 Å². The summed E-state index contributed by atoms with van der Waals surface area (Å²) >= 11 is 1.14. The highest BCUT2D eigenvalue weighted by Gasteiger charge is 2.42. The summed E-state index contributed by atoms with van der Waals surface area (Å²) in [6.07, 6.45) is 1.87. The summed E-state index contributed by atoms with van der Waals surface area (Å²) in [7, 11) is -16.4. The summed E-state index contributed by atoms with van der Waals surface area (Å²) < 4.78 is 47.2. The molecule has 16 nitrogen and oxygen atoms in total. The van der Waals surface area contributed by atoms with E-state index < -0.39 is 46.8 Å². The minimum Gasteiger partial charge on any atom is -0.392 e. The average Bonchev–Trinajstić information content (AvgIpc) is 3.14. The van der Waals surface area contributed by atoms with Crippen LogP contribution in [-0.4, -0.2) is 62.2 Å². The van der Waals surface area contributed by atoms with Gasteiger partial charge in [0, 0.05) is 6.42 Å². The third kappa shape index (κ3) is 5.85. The molecule has 1 aliphatic rings. The number of aliphatic hydroxyl groups excluding tert-OH is 1. The van der Waals surface area contributed by atoms with Gasteiger partial charge in [-0.2, -0.15) is 8.62 Å². The molecule has 1 fully saturated rings. The Balaban J connectivity index is 1.64. The molecule has 1 aliphatic heterocycles. The van der Waals surface area contributed by atoms with Gasteiger partial charge >= 0.3 is 23.5 Å². The largest absolute Gasteiger partial charge is 0.490 e. The molecule has 20 heteroatoms. The Labute approximate surface area is 171 Å². The number of aliphatic hydroxyl groups is 1. The summed E-state index contributed by atoms with van der Waals surface area (Å²) in [6, 6.07) is 0. The maximum absolute atomic E-state index is 11.8. The molecule has 2 aromatic heterocycles. The van der Waals surface area contributed by atoms with E-state index in [9.17, 15) is 23.7 Å². The Hall–Kier alpha value is -0.930. The molecule has 0 radical (unpaired) electrons. The van der Waals surface area contributed by atoms with Gasteiger partial charge in [0.25, 0.3) is 0 Å². The number of nitrogens with two attached hydrogens (primary N) is 1. The van der Waals surface area contributed by atoms with Crippen molar-refractivity contribution in [1.29, 1.82) is 0 Å². The van der Waals surface area contributed by atoms with E-state index in [0.29, 0.717) is 11.2 Å². The quantitative estimate of drug-likeness (QED) is 0.259. The number of hydrogen-bond acceptors (Lipinski definition) is 12. The maximum atomic E-state index is 11.8. The van der Waals surface area contributed by atoms with Crippen LogP contribution in [0.5, 0.6) is 0 Å². The fourth-order valence-corrected chi connectivity index (χ4v) is 7.17. The average molecular weight is 507 g/mol. The summed E-state index contributed by atoms with van der Waals surface area (Å²) in [5, 5.41) is 9.07. The maximum Gasteiger partial charge on any atom is 0.490 e. The zero-order chi connectivity index (χ0) is 22.3. The Morgan fingerprint density at radius 1 is 1.13 bits per heavy atom. The van der Waals surface area contributed by atoms with Crippen molar-refractivity contribution in [1.82, 2.24) is 19.5 Å². The first-order valence-corrected chi connectivity index (χ1v) is 13.3. The number of thioether (sulfide) groups is 1. The highest BCUT2D eigenvalue weighted by molar-refractivity contribution is 8.00. The lowest BCUT2D eigenvalue weighted by Gasteiger charge is -2.18. The Kier molecular flexibility index (Phi) is 6.76. The Morgan fingerprint density at radius 2 is 1.83 bits per heavy atom. The second-order valence-electron chi connectivity index (χ2n) is 5.90. The number of fused-ring (bicyclic) bond motifs is 1. The molecule has 30 heavy (non-hydrogen) atoms. The minimum absolute atomic E-state index is 0.173. The van der Waals surface area contributed by atoms with Crippen molar-refractivity contribution in [3.8, 4) is 0 Å². The van der Waals surface area contributed by atoms with E-state index in [4.69, 9.17) is 20.4 Å². The number of anilines is 1. The molecule has 5 atom stereocenters. The highest BCUT2D eigenvalue weighted by atomic mass is 32.2. The van der Waals surface area contributed by atoms with E-state index in [-0.39, 0.29) is 12.2 Å². The Bertz CT molecular complexity index is 1080. The van der Waals surface area contributed by atoms with Crippen molar-refractivity contribution in [3.63, 3.8) is 0 Å². The molecule has 0 spiro atoms. The van der Waals surface area contributed by atoms with Crippen LogP contribution in [-0.2, 0) is 26.8 Å². The molecule has 0 aliphatic carbocycles. The topological polar surface area (TPSA) is 250 Å². The van der Waals surface area contributed by atoms with Crippen LogP contribution in [0.2, 0.25) is 0 Å². The lowest BCUT2D eigenvalue weighted by atomic mass is 10.2. The van der Waals surface area contributed by atoms with E-state index >= 15 is 0 Å². The smallest absolute Gasteiger partial charge is 0.392 e. The zero-order valence-corrected chi connectivity index (χ0v) is 18.1. The highest BCUT2D eigenvalue weighted by Crippen LogP contribution is 2.66. The second kappa shape index (κ2) is 8.54. The van der Waals surface area contributed by atoms with Crippen LogP contribution in [0, 0.1) is 0 Å². The van der Waals surface area contributed by atoms with Gasteiger partial charge in [0.2, 0.25) is 0 Å². The van der Waals surface area contributed by atoms with Gasteiger partial charge in [-0.25, -0.2) is 28.6 Å². The molecular weight excluding hydrogens is 491 g/mol. The van der Waals surface area contributed by atoms with E-state index in [2.05, 4.69) is 28.1 Å². The summed E-state index contributed by atoms with van der Waals surface area (Å²) in [4.78, 5) is 47.7. The Morgan fingerprint density at radius 3 is 2.50 bits per heavy atom. The van der Waals surface area contributed by atoms with Gasteiger partial charge in [0.1, 0.15) is 11.8 Å². The van der Waals surface area contributed by atoms with Gasteiger partial charge in [-0.05, 0) is 0 Å². The molecule has 0 bridgehead atoms. The number of nitrogens with zero attached hydrogens (tertiary/aromatic N) is 4. The van der Waals surface area contributed by atoms with Gasteiger partial charge in [0.05, 0.1) is 29.7 Å². The first-order chi connectivity index (χ1) is 13.8. The third-order valence-corrected chi connectivity index (χ3v) is 9.06. The standard InChI is InChI=1S/C10H16N5O11P3S/c11-9-8-10(13-3-12-9)15(4-14-8)7-1-5(16)6(30-7)2-24-28(20,21)26-29(22,23)25-27(17,18)19/h3-7,16H,1-2H2,(H,20,21)(H,22,23)(H2,11,12,13)(H2,17,18,19)/t5?,6-,7+/m1/s1. The zero-order valence-electron chi connectivity index (χ0n) is 14.6. The van der Waals surface area contributed by atoms with Gasteiger partial charge in [-0.1, -0.05) is 0 Å². The summed E-state index contributed by atoms with van der Waals surface area (Å²) in [5.74, 6) is 0.173. The van der Waals surface area contributed by atoms with Crippen LogP contribution in [0.25, 0.3) is 11.2 Å². The van der Waals surface area contributed by atoms with Gasteiger partial charge in [-0.3, -0.25) is 4.52 Å². The van der Waals surface area contributed by atoms with Crippen molar-refractivity contribution >= 4 is 52.2 Å². The second-order valence-corrected chi connectivity index (χ2v) is 11.7. The van der Waals surface area contributed by atoms with Crippen molar-refractivity contribution in [2.75, 3.05) is 12.3 Å². The SMILES string of the molecule is Nc1ncnc2c1ncn2[C@@H]1CC(O)[C@@H](COP(=O)(O)OP(=O)(O)OP(=O)(O)O)S1. The monoisotopic (exact) mass is 507 g/mol. The van der Waals surface area contributed by atoms with Crippen LogP contribution in [0.3, 0.4) is 0 Å². The summed E-state index contributed by atoms with van der Waals surface area (Å²) in [5.41, 5.74) is 6.51. The van der Waals surface area contributed by atoms with Crippen LogP contribution in [0.15, 0.2) is 12.7 Å². The molecule has 3 unspecified atom stereocenters.